The molecule has 2 aromatic rings. The second-order valence-electron chi connectivity index (χ2n) is 4.81. The van der Waals surface area contributed by atoms with Crippen LogP contribution in [0.1, 0.15) is 6.42 Å². The van der Waals surface area contributed by atoms with Crippen LogP contribution in [0.3, 0.4) is 0 Å². The van der Waals surface area contributed by atoms with Gasteiger partial charge < -0.3 is 14.6 Å². The van der Waals surface area contributed by atoms with Crippen molar-refractivity contribution in [1.82, 2.24) is 9.88 Å². The quantitative estimate of drug-likeness (QED) is 0.816. The topological polar surface area (TPSA) is 38.5 Å². The maximum absolute atomic E-state index is 12.2. The fourth-order valence-corrected chi connectivity index (χ4v) is 3.10. The van der Waals surface area contributed by atoms with E-state index in [1.54, 1.807) is 19.2 Å². The number of rotatable bonds is 6. The van der Waals surface area contributed by atoms with Gasteiger partial charge in [-0.15, -0.1) is 24.5 Å². The molecule has 0 saturated heterocycles. The Labute approximate surface area is 136 Å². The third kappa shape index (κ3) is 4.84. The van der Waals surface area contributed by atoms with Crippen LogP contribution in [0.5, 0.6) is 5.75 Å². The molecule has 4 nitrogen and oxygen atoms in total. The van der Waals surface area contributed by atoms with Gasteiger partial charge in [-0.1, -0.05) is 0 Å². The Kier molecular flexibility index (Phi) is 5.84. The van der Waals surface area contributed by atoms with Gasteiger partial charge in [0.2, 0.25) is 0 Å². The van der Waals surface area contributed by atoms with Crippen LogP contribution >= 0.6 is 11.3 Å². The van der Waals surface area contributed by atoms with Crippen molar-refractivity contribution < 1.29 is 17.9 Å². The summed E-state index contributed by atoms with van der Waals surface area (Å²) in [4.78, 5) is 5.13. The first kappa shape index (κ1) is 17.6. The molecule has 1 aromatic carbocycles. The van der Waals surface area contributed by atoms with Crippen molar-refractivity contribution in [3.05, 3.63) is 34.4 Å². The van der Waals surface area contributed by atoms with E-state index in [1.165, 1.54) is 23.5 Å². The van der Waals surface area contributed by atoms with Gasteiger partial charge in [-0.3, -0.25) is 4.99 Å². The normalized spacial score (nSPS) is 12.7. The number of alkyl halides is 3. The number of ether oxygens (including phenoxy) is 1. The Morgan fingerprint density at radius 1 is 1.26 bits per heavy atom. The maximum atomic E-state index is 12.2. The number of halogens is 3. The molecule has 2 rings (SSSR count). The molecular weight excluding hydrogens is 327 g/mol. The molecule has 1 aromatic heterocycles. The average Bonchev–Trinajstić information content (AvgIpc) is 2.90. The molecule has 8 heteroatoms. The minimum absolute atomic E-state index is 0.224. The molecule has 0 amide bonds. The van der Waals surface area contributed by atoms with Crippen molar-refractivity contribution in [1.29, 1.82) is 0 Å². The van der Waals surface area contributed by atoms with E-state index in [4.69, 9.17) is 0 Å². The third-order valence-corrected chi connectivity index (χ3v) is 4.14. The fraction of sp³-hybridized carbons (Fsp3) is 0.400. The first-order chi connectivity index (χ1) is 10.9. The fourth-order valence-electron chi connectivity index (χ4n) is 2.19. The first-order valence-electron chi connectivity index (χ1n) is 7.06. The number of benzene rings is 1. The van der Waals surface area contributed by atoms with E-state index in [0.29, 0.717) is 0 Å². The summed E-state index contributed by atoms with van der Waals surface area (Å²) in [5.74, 6) is -0.224. The van der Waals surface area contributed by atoms with Crippen LogP contribution in [0.2, 0.25) is 0 Å². The number of hydrogen-bond acceptors (Lipinski definition) is 4. The first-order valence-corrected chi connectivity index (χ1v) is 7.94. The molecule has 23 heavy (non-hydrogen) atoms. The van der Waals surface area contributed by atoms with Crippen LogP contribution in [0.15, 0.2) is 34.6 Å². The molecule has 0 radical (unpaired) electrons. The summed E-state index contributed by atoms with van der Waals surface area (Å²) in [6.07, 6.45) is -3.74. The SMILES string of the molecule is CN=c1scc(-c2ccc(OC(F)(F)F)cc2)n1CCCNC. The van der Waals surface area contributed by atoms with Crippen LogP contribution < -0.4 is 14.9 Å². The van der Waals surface area contributed by atoms with Gasteiger partial charge in [-0.25, -0.2) is 0 Å². The van der Waals surface area contributed by atoms with Gasteiger partial charge in [0.25, 0.3) is 0 Å². The Morgan fingerprint density at radius 3 is 2.52 bits per heavy atom. The highest BCUT2D eigenvalue weighted by Crippen LogP contribution is 2.26. The van der Waals surface area contributed by atoms with E-state index in [2.05, 4.69) is 19.6 Å². The van der Waals surface area contributed by atoms with E-state index < -0.39 is 6.36 Å². The summed E-state index contributed by atoms with van der Waals surface area (Å²) >= 11 is 1.51. The Bertz CT molecular complexity index is 689. The molecule has 1 N–H and O–H groups in total. The number of thiazole rings is 1. The molecule has 0 aliphatic carbocycles. The zero-order chi connectivity index (χ0) is 16.9. The van der Waals surface area contributed by atoms with Gasteiger partial charge in [0.15, 0.2) is 4.80 Å². The number of nitrogens with zero attached hydrogens (tertiary/aromatic N) is 2. The lowest BCUT2D eigenvalue weighted by Crippen LogP contribution is -2.19. The summed E-state index contributed by atoms with van der Waals surface area (Å²) in [5.41, 5.74) is 1.76. The number of aromatic nitrogens is 1. The molecule has 1 heterocycles. The highest BCUT2D eigenvalue weighted by molar-refractivity contribution is 7.07. The summed E-state index contributed by atoms with van der Waals surface area (Å²) < 4.78 is 42.6. The lowest BCUT2D eigenvalue weighted by Gasteiger charge is -2.11. The minimum Gasteiger partial charge on any atom is -0.406 e. The Morgan fingerprint density at radius 2 is 1.96 bits per heavy atom. The van der Waals surface area contributed by atoms with Gasteiger partial charge in [0.05, 0.1) is 5.69 Å². The van der Waals surface area contributed by atoms with E-state index in [1.807, 2.05) is 12.4 Å². The predicted molar refractivity (Wildman–Crippen MR) is 84.5 cm³/mol. The van der Waals surface area contributed by atoms with Crippen molar-refractivity contribution in [2.24, 2.45) is 4.99 Å². The standard InChI is InChI=1S/C15H18F3N3OS/c1-19-8-3-9-21-13(10-23-14(21)20-2)11-4-6-12(7-5-11)22-15(16,17)18/h4-7,10,19H,3,8-9H2,1-2H3. The molecule has 0 unspecified atom stereocenters. The molecular formula is C15H18F3N3OS. The molecule has 0 aliphatic heterocycles. The maximum Gasteiger partial charge on any atom is 0.573 e. The van der Waals surface area contributed by atoms with E-state index >= 15 is 0 Å². The summed E-state index contributed by atoms with van der Waals surface area (Å²) in [5, 5.41) is 5.05. The molecule has 0 aliphatic rings. The zero-order valence-electron chi connectivity index (χ0n) is 12.9. The molecule has 0 atom stereocenters. The lowest BCUT2D eigenvalue weighted by atomic mass is 10.1. The van der Waals surface area contributed by atoms with E-state index in [9.17, 15) is 13.2 Å². The molecule has 0 saturated carbocycles. The van der Waals surface area contributed by atoms with Crippen molar-refractivity contribution in [2.75, 3.05) is 20.6 Å². The Balaban J connectivity index is 2.26. The zero-order valence-corrected chi connectivity index (χ0v) is 13.7. The van der Waals surface area contributed by atoms with Gasteiger partial charge >= 0.3 is 6.36 Å². The third-order valence-electron chi connectivity index (χ3n) is 3.18. The van der Waals surface area contributed by atoms with Crippen LogP contribution in [-0.2, 0) is 6.54 Å². The highest BCUT2D eigenvalue weighted by Gasteiger charge is 2.31. The lowest BCUT2D eigenvalue weighted by molar-refractivity contribution is -0.274. The minimum atomic E-state index is -4.68. The number of nitrogens with one attached hydrogen (secondary N) is 1. The van der Waals surface area contributed by atoms with Crippen LogP contribution in [0, 0.1) is 0 Å². The van der Waals surface area contributed by atoms with E-state index in [-0.39, 0.29) is 5.75 Å². The summed E-state index contributed by atoms with van der Waals surface area (Å²) in [6, 6.07) is 5.89. The largest absolute Gasteiger partial charge is 0.573 e. The summed E-state index contributed by atoms with van der Waals surface area (Å²) in [7, 11) is 3.62. The van der Waals surface area contributed by atoms with Crippen LogP contribution in [0.4, 0.5) is 13.2 Å². The second-order valence-corrected chi connectivity index (χ2v) is 5.64. The monoisotopic (exact) mass is 345 g/mol. The molecule has 0 bridgehead atoms. The molecule has 126 valence electrons. The van der Waals surface area contributed by atoms with Crippen molar-refractivity contribution >= 4 is 11.3 Å². The smallest absolute Gasteiger partial charge is 0.406 e. The van der Waals surface area contributed by atoms with Gasteiger partial charge in [0.1, 0.15) is 5.75 Å². The van der Waals surface area contributed by atoms with Gasteiger partial charge in [0, 0.05) is 19.0 Å². The Hall–Kier alpha value is -1.80. The molecule has 0 fully saturated rings. The predicted octanol–water partition coefficient (Wildman–Crippen LogP) is 3.26. The highest BCUT2D eigenvalue weighted by atomic mass is 32.1. The van der Waals surface area contributed by atoms with Crippen LogP contribution in [-0.4, -0.2) is 31.6 Å². The van der Waals surface area contributed by atoms with Gasteiger partial charge in [-0.05, 0) is 49.8 Å². The average molecular weight is 345 g/mol. The van der Waals surface area contributed by atoms with Crippen LogP contribution in [0.25, 0.3) is 11.3 Å². The number of hydrogen-bond donors (Lipinski definition) is 1. The van der Waals surface area contributed by atoms with Crippen molar-refractivity contribution in [3.8, 4) is 17.0 Å². The summed E-state index contributed by atoms with van der Waals surface area (Å²) in [6.45, 7) is 1.66. The second kappa shape index (κ2) is 7.65. The molecule has 0 spiro atoms. The van der Waals surface area contributed by atoms with Crippen molar-refractivity contribution in [2.45, 2.75) is 19.3 Å². The van der Waals surface area contributed by atoms with E-state index in [0.717, 1.165) is 35.6 Å². The van der Waals surface area contributed by atoms with Crippen molar-refractivity contribution in [3.63, 3.8) is 0 Å². The van der Waals surface area contributed by atoms with Gasteiger partial charge in [-0.2, -0.15) is 0 Å².